The van der Waals surface area contributed by atoms with Crippen molar-refractivity contribution < 1.29 is 0 Å². The first-order chi connectivity index (χ1) is 9.83. The summed E-state index contributed by atoms with van der Waals surface area (Å²) in [5.41, 5.74) is 1.84. The molecule has 0 bridgehead atoms. The molecule has 0 spiro atoms. The Kier molecular flexibility index (Phi) is 6.09. The minimum absolute atomic E-state index is 0.297. The second-order valence-corrected chi connectivity index (χ2v) is 6.26. The van der Waals surface area contributed by atoms with E-state index in [0.717, 1.165) is 0 Å². The van der Waals surface area contributed by atoms with Gasteiger partial charge in [-0.05, 0) is 44.3 Å². The summed E-state index contributed by atoms with van der Waals surface area (Å²) in [5, 5.41) is 0. The Labute approximate surface area is 125 Å². The fourth-order valence-corrected chi connectivity index (χ4v) is 3.83. The lowest BCUT2D eigenvalue weighted by Crippen LogP contribution is -2.44. The molecule has 1 aliphatic heterocycles. The van der Waals surface area contributed by atoms with Gasteiger partial charge in [0.2, 0.25) is 0 Å². The molecule has 1 heterocycles. The van der Waals surface area contributed by atoms with Gasteiger partial charge in [-0.2, -0.15) is 0 Å². The van der Waals surface area contributed by atoms with Gasteiger partial charge in [-0.25, -0.2) is 0 Å². The van der Waals surface area contributed by atoms with Crippen molar-refractivity contribution in [1.29, 1.82) is 0 Å². The molecule has 112 valence electrons. The molecule has 1 heteroatoms. The second kappa shape index (κ2) is 7.83. The van der Waals surface area contributed by atoms with E-state index in [2.05, 4.69) is 49.1 Å². The molecule has 1 saturated heterocycles. The normalized spacial score (nSPS) is 19.1. The zero-order chi connectivity index (χ0) is 14.3. The average Bonchev–Trinajstić information content (AvgIpc) is 3.03. The van der Waals surface area contributed by atoms with Gasteiger partial charge in [0.05, 0.1) is 0 Å². The van der Waals surface area contributed by atoms with E-state index in [0.29, 0.717) is 5.54 Å². The molecule has 0 N–H and O–H groups in total. The molecule has 0 amide bonds. The Bertz CT molecular complexity index is 367. The van der Waals surface area contributed by atoms with Gasteiger partial charge in [0.25, 0.3) is 0 Å². The number of unbranched alkanes of at least 4 members (excludes halogenated alkanes) is 3. The van der Waals surface area contributed by atoms with Crippen molar-refractivity contribution in [3.8, 4) is 0 Å². The van der Waals surface area contributed by atoms with E-state index in [9.17, 15) is 0 Å². The number of nitrogens with zero attached hydrogens (tertiary/aromatic N) is 1. The lowest BCUT2D eigenvalue weighted by atomic mass is 9.81. The average molecular weight is 273 g/mol. The summed E-state index contributed by atoms with van der Waals surface area (Å²) in [7, 11) is 0. The minimum atomic E-state index is 0.297. The number of hydrogen-bond donors (Lipinski definition) is 0. The third-order valence-corrected chi connectivity index (χ3v) is 5.05. The zero-order valence-electron chi connectivity index (χ0n) is 13.4. The third-order valence-electron chi connectivity index (χ3n) is 5.05. The fraction of sp³-hybridized carbons (Fsp3) is 0.684. The topological polar surface area (TPSA) is 3.24 Å². The molecule has 1 nitrogen and oxygen atoms in total. The van der Waals surface area contributed by atoms with Crippen LogP contribution < -0.4 is 0 Å². The Morgan fingerprint density at radius 2 is 1.65 bits per heavy atom. The Morgan fingerprint density at radius 1 is 0.950 bits per heavy atom. The van der Waals surface area contributed by atoms with Gasteiger partial charge in [0, 0.05) is 5.54 Å². The van der Waals surface area contributed by atoms with Crippen molar-refractivity contribution in [3.05, 3.63) is 35.9 Å². The van der Waals surface area contributed by atoms with Crippen LogP contribution in [0, 0.1) is 0 Å². The second-order valence-electron chi connectivity index (χ2n) is 6.26. The van der Waals surface area contributed by atoms with Gasteiger partial charge in [-0.3, -0.25) is 4.90 Å². The molecule has 1 fully saturated rings. The number of benzene rings is 1. The van der Waals surface area contributed by atoms with Gasteiger partial charge in [0.1, 0.15) is 0 Å². The molecule has 1 atom stereocenters. The summed E-state index contributed by atoms with van der Waals surface area (Å²) in [6.07, 6.45) is 10.8. The molecular formula is C19H31N. The van der Waals surface area contributed by atoms with Crippen molar-refractivity contribution >= 4 is 0 Å². The van der Waals surface area contributed by atoms with E-state index in [1.807, 2.05) is 0 Å². The maximum atomic E-state index is 2.77. The highest BCUT2D eigenvalue weighted by atomic mass is 15.2. The predicted molar refractivity (Wildman–Crippen MR) is 88.0 cm³/mol. The highest BCUT2D eigenvalue weighted by molar-refractivity contribution is 5.25. The summed E-state index contributed by atoms with van der Waals surface area (Å²) >= 11 is 0. The lowest BCUT2D eigenvalue weighted by molar-refractivity contribution is 0.0952. The van der Waals surface area contributed by atoms with Crippen LogP contribution in [0.5, 0.6) is 0 Å². The highest BCUT2D eigenvalue weighted by Gasteiger charge is 2.37. The maximum Gasteiger partial charge on any atom is 0.0458 e. The predicted octanol–water partition coefficient (Wildman–Crippen LogP) is 5.36. The van der Waals surface area contributed by atoms with Crippen LogP contribution in [0.15, 0.2) is 30.3 Å². The van der Waals surface area contributed by atoms with E-state index in [-0.39, 0.29) is 0 Å². The maximum absolute atomic E-state index is 2.77. The van der Waals surface area contributed by atoms with Gasteiger partial charge in [0.15, 0.2) is 0 Å². The SMILES string of the molecule is CCCCCCC(CC)(c1ccccc1)N1CCCC1. The van der Waals surface area contributed by atoms with Crippen LogP contribution in [0.1, 0.15) is 70.8 Å². The van der Waals surface area contributed by atoms with Crippen LogP contribution in [-0.4, -0.2) is 18.0 Å². The molecule has 0 radical (unpaired) electrons. The van der Waals surface area contributed by atoms with E-state index in [4.69, 9.17) is 0 Å². The van der Waals surface area contributed by atoms with Gasteiger partial charge >= 0.3 is 0 Å². The lowest BCUT2D eigenvalue weighted by Gasteiger charge is -2.42. The fourth-order valence-electron chi connectivity index (χ4n) is 3.83. The molecule has 0 aliphatic carbocycles. The van der Waals surface area contributed by atoms with Crippen LogP contribution in [0.25, 0.3) is 0 Å². The van der Waals surface area contributed by atoms with Gasteiger partial charge in [-0.1, -0.05) is 69.9 Å². The molecule has 0 saturated carbocycles. The van der Waals surface area contributed by atoms with Crippen LogP contribution in [0.3, 0.4) is 0 Å². The largest absolute Gasteiger partial charge is 0.294 e. The third kappa shape index (κ3) is 3.44. The molecule has 0 aromatic heterocycles. The number of likely N-dealkylation sites (tertiary alicyclic amines) is 1. The molecule has 1 unspecified atom stereocenters. The molecule has 1 aliphatic rings. The molecule has 2 rings (SSSR count). The molecule has 20 heavy (non-hydrogen) atoms. The van der Waals surface area contributed by atoms with E-state index < -0.39 is 0 Å². The van der Waals surface area contributed by atoms with Gasteiger partial charge in [-0.15, -0.1) is 0 Å². The standard InChI is InChI=1S/C19H31N/c1-3-5-6-10-15-19(4-2,20-16-11-12-17-20)18-13-8-7-9-14-18/h7-9,13-14H,3-6,10-12,15-17H2,1-2H3. The number of rotatable bonds is 8. The monoisotopic (exact) mass is 273 g/mol. The number of hydrogen-bond acceptors (Lipinski definition) is 1. The quantitative estimate of drug-likeness (QED) is 0.576. The van der Waals surface area contributed by atoms with Crippen molar-refractivity contribution in [2.24, 2.45) is 0 Å². The molecular weight excluding hydrogens is 242 g/mol. The molecule has 1 aromatic carbocycles. The summed E-state index contributed by atoms with van der Waals surface area (Å²) in [4.78, 5) is 2.77. The van der Waals surface area contributed by atoms with Crippen LogP contribution in [-0.2, 0) is 5.54 Å². The highest BCUT2D eigenvalue weighted by Crippen LogP contribution is 2.39. The first-order valence-electron chi connectivity index (χ1n) is 8.64. The van der Waals surface area contributed by atoms with E-state index in [1.165, 1.54) is 64.5 Å². The Morgan fingerprint density at radius 3 is 2.25 bits per heavy atom. The van der Waals surface area contributed by atoms with Crippen molar-refractivity contribution in [3.63, 3.8) is 0 Å². The Hall–Kier alpha value is -0.820. The summed E-state index contributed by atoms with van der Waals surface area (Å²) in [6, 6.07) is 11.3. The smallest absolute Gasteiger partial charge is 0.0458 e. The van der Waals surface area contributed by atoms with Crippen molar-refractivity contribution in [1.82, 2.24) is 4.90 Å². The summed E-state index contributed by atoms with van der Waals surface area (Å²) < 4.78 is 0. The Balaban J connectivity index is 2.16. The van der Waals surface area contributed by atoms with Crippen molar-refractivity contribution in [2.75, 3.05) is 13.1 Å². The van der Waals surface area contributed by atoms with E-state index in [1.54, 1.807) is 5.56 Å². The first kappa shape index (κ1) is 15.6. The summed E-state index contributed by atoms with van der Waals surface area (Å²) in [5.74, 6) is 0. The van der Waals surface area contributed by atoms with Gasteiger partial charge < -0.3 is 0 Å². The van der Waals surface area contributed by atoms with Crippen LogP contribution in [0.2, 0.25) is 0 Å². The van der Waals surface area contributed by atoms with Crippen LogP contribution in [0.4, 0.5) is 0 Å². The van der Waals surface area contributed by atoms with Crippen LogP contribution >= 0.6 is 0 Å². The summed E-state index contributed by atoms with van der Waals surface area (Å²) in [6.45, 7) is 7.25. The van der Waals surface area contributed by atoms with Crippen molar-refractivity contribution in [2.45, 2.75) is 70.8 Å². The first-order valence-corrected chi connectivity index (χ1v) is 8.64. The molecule has 1 aromatic rings. The minimum Gasteiger partial charge on any atom is -0.294 e. The zero-order valence-corrected chi connectivity index (χ0v) is 13.4. The van der Waals surface area contributed by atoms with E-state index >= 15 is 0 Å².